The summed E-state index contributed by atoms with van der Waals surface area (Å²) in [7, 11) is 0. The number of phenols is 2. The van der Waals surface area contributed by atoms with E-state index in [1.807, 2.05) is 20.8 Å². The van der Waals surface area contributed by atoms with E-state index in [4.69, 9.17) is 4.74 Å². The number of ether oxygens (including phenoxy) is 1. The van der Waals surface area contributed by atoms with Gasteiger partial charge in [0.25, 0.3) is 0 Å². The molecule has 1 fully saturated rings. The maximum Gasteiger partial charge on any atom is 0.189 e. The number of carbonyl (C=O) groups is 1. The second-order valence-corrected chi connectivity index (χ2v) is 9.28. The molecule has 158 valence electrons. The summed E-state index contributed by atoms with van der Waals surface area (Å²) >= 11 is 0. The van der Waals surface area contributed by atoms with Gasteiger partial charge in [0.15, 0.2) is 5.78 Å². The average molecular weight is 408 g/mol. The van der Waals surface area contributed by atoms with Crippen LogP contribution in [0.2, 0.25) is 0 Å². The van der Waals surface area contributed by atoms with Crippen LogP contribution in [0.1, 0.15) is 55.1 Å². The summed E-state index contributed by atoms with van der Waals surface area (Å²) in [5.41, 5.74) is 0.963. The fourth-order valence-electron chi connectivity index (χ4n) is 5.00. The number of carbonyl (C=O) groups excluding carboxylic acids is 1. The monoisotopic (exact) mass is 408 g/mol. The fourth-order valence-corrected chi connectivity index (χ4v) is 5.00. The second kappa shape index (κ2) is 7.17. The third kappa shape index (κ3) is 3.37. The van der Waals surface area contributed by atoms with Gasteiger partial charge in [-0.1, -0.05) is 32.1 Å². The third-order valence-corrected chi connectivity index (χ3v) is 6.97. The number of ketones is 1. The SMILES string of the molecule is CC1(C)[C@H](O)CC[C@@]2(C)Oc3c(C(=O)/C=C/c4ccc(O)cc4)ccc(O)c3C[C@H]12. The first-order valence-corrected chi connectivity index (χ1v) is 10.4. The molecule has 0 unspecified atom stereocenters. The maximum atomic E-state index is 13.0. The van der Waals surface area contributed by atoms with Crippen molar-refractivity contribution in [3.63, 3.8) is 0 Å². The molecule has 3 N–H and O–H groups in total. The molecule has 0 radical (unpaired) electrons. The zero-order valence-corrected chi connectivity index (χ0v) is 17.6. The predicted molar refractivity (Wildman–Crippen MR) is 115 cm³/mol. The minimum atomic E-state index is -0.515. The van der Waals surface area contributed by atoms with Crippen LogP contribution in [-0.4, -0.2) is 32.8 Å². The number of aliphatic hydroxyl groups is 1. The standard InChI is InChI=1S/C25H28O5/c1-24(2)21-14-18-20(28)11-9-17(23(18)30-25(21,3)13-12-22(24)29)19(27)10-6-15-4-7-16(26)8-5-15/h4-11,21-22,26,28-29H,12-14H2,1-3H3/b10-6+/t21-,22-,25-/m1/s1. The van der Waals surface area contributed by atoms with Crippen LogP contribution in [0.5, 0.6) is 17.2 Å². The smallest absolute Gasteiger partial charge is 0.189 e. The zero-order chi connectivity index (χ0) is 21.7. The van der Waals surface area contributed by atoms with Crippen LogP contribution in [0.3, 0.4) is 0 Å². The summed E-state index contributed by atoms with van der Waals surface area (Å²) < 4.78 is 6.45. The van der Waals surface area contributed by atoms with Crippen LogP contribution >= 0.6 is 0 Å². The highest BCUT2D eigenvalue weighted by molar-refractivity contribution is 6.09. The van der Waals surface area contributed by atoms with Crippen molar-refractivity contribution in [1.29, 1.82) is 0 Å². The molecule has 0 aromatic heterocycles. The molecule has 0 spiro atoms. The van der Waals surface area contributed by atoms with E-state index in [-0.39, 0.29) is 28.6 Å². The van der Waals surface area contributed by atoms with Gasteiger partial charge in [-0.3, -0.25) is 4.79 Å². The van der Waals surface area contributed by atoms with Crippen molar-refractivity contribution in [3.8, 4) is 17.2 Å². The van der Waals surface area contributed by atoms with Gasteiger partial charge in [-0.2, -0.15) is 0 Å². The Morgan fingerprint density at radius 2 is 1.80 bits per heavy atom. The molecule has 5 heteroatoms. The largest absolute Gasteiger partial charge is 0.508 e. The molecular formula is C25H28O5. The summed E-state index contributed by atoms with van der Waals surface area (Å²) in [6.07, 6.45) is 4.61. The van der Waals surface area contributed by atoms with E-state index in [9.17, 15) is 20.1 Å². The van der Waals surface area contributed by atoms with Gasteiger partial charge in [0, 0.05) is 11.5 Å². The van der Waals surface area contributed by atoms with E-state index in [2.05, 4.69) is 0 Å². The van der Waals surface area contributed by atoms with E-state index in [0.717, 1.165) is 5.56 Å². The molecule has 2 aromatic carbocycles. The van der Waals surface area contributed by atoms with Crippen LogP contribution in [0.25, 0.3) is 6.08 Å². The molecule has 1 aliphatic carbocycles. The normalized spacial score (nSPS) is 27.2. The Balaban J connectivity index is 1.70. The van der Waals surface area contributed by atoms with Crippen LogP contribution in [-0.2, 0) is 6.42 Å². The highest BCUT2D eigenvalue weighted by atomic mass is 16.5. The summed E-state index contributed by atoms with van der Waals surface area (Å²) in [5.74, 6) is 0.535. The molecule has 1 heterocycles. The number of hydrogen-bond acceptors (Lipinski definition) is 5. The first-order chi connectivity index (χ1) is 14.1. The number of aromatic hydroxyl groups is 2. The summed E-state index contributed by atoms with van der Waals surface area (Å²) in [4.78, 5) is 13.0. The van der Waals surface area contributed by atoms with Gasteiger partial charge >= 0.3 is 0 Å². The Labute approximate surface area is 176 Å². The zero-order valence-electron chi connectivity index (χ0n) is 17.6. The molecule has 4 rings (SSSR count). The average Bonchev–Trinajstić information content (AvgIpc) is 2.70. The van der Waals surface area contributed by atoms with Crippen LogP contribution in [0.4, 0.5) is 0 Å². The molecule has 30 heavy (non-hydrogen) atoms. The molecule has 0 saturated heterocycles. The number of hydrogen-bond donors (Lipinski definition) is 3. The summed E-state index contributed by atoms with van der Waals surface area (Å²) in [6.45, 7) is 6.12. The lowest BCUT2D eigenvalue weighted by Gasteiger charge is -2.55. The molecular weight excluding hydrogens is 380 g/mol. The molecule has 5 nitrogen and oxygen atoms in total. The Morgan fingerprint density at radius 1 is 1.10 bits per heavy atom. The quantitative estimate of drug-likeness (QED) is 0.515. The molecule has 3 atom stereocenters. The minimum absolute atomic E-state index is 0.0186. The van der Waals surface area contributed by atoms with Gasteiger partial charge in [0.05, 0.1) is 11.7 Å². The Morgan fingerprint density at radius 3 is 2.50 bits per heavy atom. The van der Waals surface area contributed by atoms with Crippen molar-refractivity contribution in [1.82, 2.24) is 0 Å². The molecule has 1 saturated carbocycles. The third-order valence-electron chi connectivity index (χ3n) is 6.97. The number of rotatable bonds is 3. The molecule has 2 aromatic rings. The van der Waals surface area contributed by atoms with Gasteiger partial charge in [-0.25, -0.2) is 0 Å². The van der Waals surface area contributed by atoms with Gasteiger partial charge < -0.3 is 20.1 Å². The van der Waals surface area contributed by atoms with Crippen LogP contribution < -0.4 is 4.74 Å². The van der Waals surface area contributed by atoms with Gasteiger partial charge in [-0.15, -0.1) is 0 Å². The predicted octanol–water partition coefficient (Wildman–Crippen LogP) is 4.48. The number of benzene rings is 2. The first-order valence-electron chi connectivity index (χ1n) is 10.4. The molecule has 0 bridgehead atoms. The lowest BCUT2D eigenvalue weighted by atomic mass is 9.57. The molecule has 2 aliphatic rings. The van der Waals surface area contributed by atoms with E-state index in [0.29, 0.717) is 36.1 Å². The number of fused-ring (bicyclic) bond motifs is 2. The van der Waals surface area contributed by atoms with E-state index in [1.165, 1.54) is 6.08 Å². The first kappa shape index (κ1) is 20.5. The lowest BCUT2D eigenvalue weighted by Crippen LogP contribution is -2.58. The minimum Gasteiger partial charge on any atom is -0.508 e. The Hall–Kier alpha value is -2.79. The topological polar surface area (TPSA) is 87.0 Å². The number of allylic oxidation sites excluding steroid dienone is 1. The maximum absolute atomic E-state index is 13.0. The van der Waals surface area contributed by atoms with Crippen molar-refractivity contribution >= 4 is 11.9 Å². The summed E-state index contributed by atoms with van der Waals surface area (Å²) in [6, 6.07) is 9.72. The van der Waals surface area contributed by atoms with E-state index < -0.39 is 11.7 Å². The number of phenolic OH excluding ortho intramolecular Hbond substituents is 2. The van der Waals surface area contributed by atoms with E-state index >= 15 is 0 Å². The van der Waals surface area contributed by atoms with Gasteiger partial charge in [0.1, 0.15) is 22.8 Å². The fraction of sp³-hybridized carbons (Fsp3) is 0.400. The van der Waals surface area contributed by atoms with Gasteiger partial charge in [0.2, 0.25) is 0 Å². The van der Waals surface area contributed by atoms with Gasteiger partial charge in [-0.05, 0) is 67.5 Å². The van der Waals surface area contributed by atoms with Crippen LogP contribution in [0.15, 0.2) is 42.5 Å². The van der Waals surface area contributed by atoms with Crippen molar-refractivity contribution in [3.05, 3.63) is 59.2 Å². The molecule has 0 amide bonds. The molecule has 1 aliphatic heterocycles. The highest BCUT2D eigenvalue weighted by Gasteiger charge is 2.55. The Bertz CT molecular complexity index is 1000. The second-order valence-electron chi connectivity index (χ2n) is 9.28. The number of aliphatic hydroxyl groups excluding tert-OH is 1. The van der Waals surface area contributed by atoms with E-state index in [1.54, 1.807) is 42.5 Å². The van der Waals surface area contributed by atoms with Crippen molar-refractivity contribution in [2.75, 3.05) is 0 Å². The van der Waals surface area contributed by atoms with Crippen molar-refractivity contribution < 1.29 is 24.9 Å². The van der Waals surface area contributed by atoms with Crippen molar-refractivity contribution in [2.24, 2.45) is 11.3 Å². The lowest BCUT2D eigenvalue weighted by molar-refractivity contribution is -0.138. The van der Waals surface area contributed by atoms with Crippen LogP contribution in [0, 0.1) is 11.3 Å². The Kier molecular flexibility index (Phi) is 4.89. The van der Waals surface area contributed by atoms with Crippen molar-refractivity contribution in [2.45, 2.75) is 51.7 Å². The summed E-state index contributed by atoms with van der Waals surface area (Å²) in [5, 5.41) is 30.5. The highest BCUT2D eigenvalue weighted by Crippen LogP contribution is 2.55.